The zero-order chi connectivity index (χ0) is 15.5. The number of likely N-dealkylation sites (tertiary alicyclic amines) is 1. The van der Waals surface area contributed by atoms with Crippen LogP contribution in [0.5, 0.6) is 0 Å². The lowest BCUT2D eigenvalue weighted by Gasteiger charge is -2.63. The second-order valence-electron chi connectivity index (χ2n) is 8.49. The Labute approximate surface area is 133 Å². The standard InChI is InChI=1S/C17H27NO3S/c1-22(20,21)11-16(19)18-4-2-17(3-5-18)14-7-12-6-13(9-14)10-15(17)8-12/h12-15H,2-11H2,1H3. The number of nitrogens with zero attached hydrogens (tertiary/aromatic N) is 1. The van der Waals surface area contributed by atoms with Gasteiger partial charge in [-0.3, -0.25) is 4.79 Å². The van der Waals surface area contributed by atoms with E-state index < -0.39 is 9.84 Å². The van der Waals surface area contributed by atoms with Gasteiger partial charge in [-0.15, -0.1) is 0 Å². The molecule has 5 aliphatic rings. The van der Waals surface area contributed by atoms with E-state index in [4.69, 9.17) is 0 Å². The van der Waals surface area contributed by atoms with Crippen LogP contribution in [0.1, 0.15) is 44.9 Å². The number of piperidine rings is 1. The van der Waals surface area contributed by atoms with Crippen molar-refractivity contribution in [3.05, 3.63) is 0 Å². The lowest BCUT2D eigenvalue weighted by Crippen LogP contribution is -2.57. The van der Waals surface area contributed by atoms with Crippen molar-refractivity contribution in [1.29, 1.82) is 0 Å². The Balaban J connectivity index is 1.45. The van der Waals surface area contributed by atoms with Gasteiger partial charge in [0.1, 0.15) is 5.75 Å². The van der Waals surface area contributed by atoms with Gasteiger partial charge in [0.15, 0.2) is 9.84 Å². The molecule has 5 rings (SSSR count). The molecule has 1 saturated heterocycles. The smallest absolute Gasteiger partial charge is 0.237 e. The Morgan fingerprint density at radius 1 is 1.00 bits per heavy atom. The van der Waals surface area contributed by atoms with Crippen molar-refractivity contribution < 1.29 is 13.2 Å². The first kappa shape index (κ1) is 15.0. The Bertz CT molecular complexity index is 545. The molecular weight excluding hydrogens is 298 g/mol. The Hall–Kier alpha value is -0.580. The van der Waals surface area contributed by atoms with Gasteiger partial charge >= 0.3 is 0 Å². The van der Waals surface area contributed by atoms with Crippen LogP contribution in [0.4, 0.5) is 0 Å². The molecule has 4 bridgehead atoms. The van der Waals surface area contributed by atoms with E-state index in [-0.39, 0.29) is 11.7 Å². The molecule has 124 valence electrons. The van der Waals surface area contributed by atoms with Crippen LogP contribution in [0.25, 0.3) is 0 Å². The monoisotopic (exact) mass is 325 g/mol. The number of hydrogen-bond donors (Lipinski definition) is 0. The zero-order valence-electron chi connectivity index (χ0n) is 13.5. The highest BCUT2D eigenvalue weighted by atomic mass is 32.2. The maximum atomic E-state index is 12.1. The fourth-order valence-electron chi connectivity index (χ4n) is 6.43. The average Bonchev–Trinajstić information content (AvgIpc) is 2.43. The van der Waals surface area contributed by atoms with Crippen molar-refractivity contribution in [2.75, 3.05) is 25.1 Å². The molecule has 4 saturated carbocycles. The van der Waals surface area contributed by atoms with E-state index in [1.54, 1.807) is 4.90 Å². The summed E-state index contributed by atoms with van der Waals surface area (Å²) in [5, 5.41) is 0. The van der Waals surface area contributed by atoms with Crippen LogP contribution in [-0.2, 0) is 14.6 Å². The van der Waals surface area contributed by atoms with Gasteiger partial charge in [0, 0.05) is 19.3 Å². The first-order valence-electron chi connectivity index (χ1n) is 8.81. The molecule has 4 aliphatic carbocycles. The molecule has 5 fully saturated rings. The van der Waals surface area contributed by atoms with Gasteiger partial charge in [0.05, 0.1) is 0 Å². The lowest BCUT2D eigenvalue weighted by molar-refractivity contribution is -0.148. The van der Waals surface area contributed by atoms with E-state index in [1.807, 2.05) is 0 Å². The fourth-order valence-corrected chi connectivity index (χ4v) is 7.06. The highest BCUT2D eigenvalue weighted by Gasteiger charge is 2.57. The quantitative estimate of drug-likeness (QED) is 0.781. The highest BCUT2D eigenvalue weighted by Crippen LogP contribution is 2.65. The maximum Gasteiger partial charge on any atom is 0.237 e. The molecular formula is C17H27NO3S. The Morgan fingerprint density at radius 3 is 1.95 bits per heavy atom. The number of carbonyl (C=O) groups excluding carboxylic acids is 1. The summed E-state index contributed by atoms with van der Waals surface area (Å²) in [5.41, 5.74) is 0.481. The topological polar surface area (TPSA) is 54.5 Å². The summed E-state index contributed by atoms with van der Waals surface area (Å²) < 4.78 is 22.7. The van der Waals surface area contributed by atoms with Gasteiger partial charge < -0.3 is 4.90 Å². The summed E-state index contributed by atoms with van der Waals surface area (Å²) >= 11 is 0. The molecule has 4 nitrogen and oxygen atoms in total. The van der Waals surface area contributed by atoms with Crippen LogP contribution in [0.15, 0.2) is 0 Å². The van der Waals surface area contributed by atoms with Crippen molar-refractivity contribution in [3.8, 4) is 0 Å². The normalized spacial score (nSPS) is 39.4. The number of amides is 1. The minimum atomic E-state index is -3.21. The zero-order valence-corrected chi connectivity index (χ0v) is 14.3. The van der Waals surface area contributed by atoms with Gasteiger partial charge in [-0.1, -0.05) is 0 Å². The molecule has 22 heavy (non-hydrogen) atoms. The van der Waals surface area contributed by atoms with Crippen LogP contribution in [0.2, 0.25) is 0 Å². The van der Waals surface area contributed by atoms with Gasteiger partial charge in [-0.25, -0.2) is 8.42 Å². The number of carbonyl (C=O) groups is 1. The predicted octanol–water partition coefficient (Wildman–Crippen LogP) is 2.10. The molecule has 1 aliphatic heterocycles. The van der Waals surface area contributed by atoms with Crippen LogP contribution >= 0.6 is 0 Å². The second-order valence-corrected chi connectivity index (χ2v) is 10.6. The molecule has 0 atom stereocenters. The molecule has 0 radical (unpaired) electrons. The summed E-state index contributed by atoms with van der Waals surface area (Å²) in [6.07, 6.45) is 10.5. The molecule has 1 heterocycles. The fraction of sp³-hybridized carbons (Fsp3) is 0.941. The average molecular weight is 325 g/mol. The van der Waals surface area contributed by atoms with Crippen molar-refractivity contribution in [2.24, 2.45) is 29.1 Å². The first-order chi connectivity index (χ1) is 10.4. The summed E-state index contributed by atoms with van der Waals surface area (Å²) in [6, 6.07) is 0. The second kappa shape index (κ2) is 4.96. The van der Waals surface area contributed by atoms with Gasteiger partial charge in [-0.2, -0.15) is 0 Å². The van der Waals surface area contributed by atoms with Gasteiger partial charge in [0.2, 0.25) is 5.91 Å². The third kappa shape index (κ3) is 2.40. The van der Waals surface area contributed by atoms with E-state index in [2.05, 4.69) is 0 Å². The Kier molecular flexibility index (Phi) is 3.37. The van der Waals surface area contributed by atoms with Crippen LogP contribution in [0, 0.1) is 29.1 Å². The lowest BCUT2D eigenvalue weighted by atomic mass is 9.43. The van der Waals surface area contributed by atoms with E-state index in [0.717, 1.165) is 55.9 Å². The van der Waals surface area contributed by atoms with E-state index in [9.17, 15) is 13.2 Å². The third-order valence-corrected chi connectivity index (χ3v) is 7.97. The highest BCUT2D eigenvalue weighted by molar-refractivity contribution is 7.91. The number of hydrogen-bond acceptors (Lipinski definition) is 3. The maximum absolute atomic E-state index is 12.1. The van der Waals surface area contributed by atoms with Crippen LogP contribution in [0.3, 0.4) is 0 Å². The summed E-state index contributed by atoms with van der Waals surface area (Å²) in [7, 11) is -3.21. The number of sulfone groups is 1. The molecule has 0 aromatic rings. The van der Waals surface area contributed by atoms with Gasteiger partial charge in [0.25, 0.3) is 0 Å². The summed E-state index contributed by atoms with van der Waals surface area (Å²) in [5.74, 6) is 3.22. The molecule has 0 aromatic carbocycles. The SMILES string of the molecule is CS(=O)(=O)CC(=O)N1CCC2(CC1)C1CC3CC(C1)CC2C3. The molecule has 0 N–H and O–H groups in total. The van der Waals surface area contributed by atoms with Crippen molar-refractivity contribution in [1.82, 2.24) is 4.90 Å². The van der Waals surface area contributed by atoms with E-state index >= 15 is 0 Å². The molecule has 0 aromatic heterocycles. The van der Waals surface area contributed by atoms with Crippen LogP contribution in [-0.4, -0.2) is 44.3 Å². The minimum Gasteiger partial charge on any atom is -0.342 e. The van der Waals surface area contributed by atoms with E-state index in [1.165, 1.54) is 32.1 Å². The minimum absolute atomic E-state index is 0.193. The Morgan fingerprint density at radius 2 is 1.50 bits per heavy atom. The van der Waals surface area contributed by atoms with Crippen molar-refractivity contribution in [2.45, 2.75) is 44.9 Å². The van der Waals surface area contributed by atoms with E-state index in [0.29, 0.717) is 5.41 Å². The molecule has 1 amide bonds. The number of rotatable bonds is 2. The third-order valence-electron chi connectivity index (χ3n) is 7.20. The molecule has 0 unspecified atom stereocenters. The van der Waals surface area contributed by atoms with Crippen molar-refractivity contribution >= 4 is 15.7 Å². The molecule has 5 heteroatoms. The largest absolute Gasteiger partial charge is 0.342 e. The summed E-state index contributed by atoms with van der Waals surface area (Å²) in [4.78, 5) is 13.9. The predicted molar refractivity (Wildman–Crippen MR) is 85.0 cm³/mol. The molecule has 1 spiro atoms. The summed E-state index contributed by atoms with van der Waals surface area (Å²) in [6.45, 7) is 1.55. The first-order valence-corrected chi connectivity index (χ1v) is 10.9. The van der Waals surface area contributed by atoms with Crippen LogP contribution < -0.4 is 0 Å². The van der Waals surface area contributed by atoms with Gasteiger partial charge in [-0.05, 0) is 74.0 Å². The van der Waals surface area contributed by atoms with Crippen molar-refractivity contribution in [3.63, 3.8) is 0 Å².